The highest BCUT2D eigenvalue weighted by molar-refractivity contribution is 5.96. The number of amides is 3. The Morgan fingerprint density at radius 1 is 1.28 bits per heavy atom. The van der Waals surface area contributed by atoms with Gasteiger partial charge >= 0.3 is 6.03 Å². The topological polar surface area (TPSA) is 70.2 Å². The highest BCUT2D eigenvalue weighted by Gasteiger charge is 2.08. The molecule has 0 saturated carbocycles. The fraction of sp³-hybridized carbons (Fsp3) is 0.273. The molecule has 0 heterocycles. The Kier molecular flexibility index (Phi) is 5.04. The summed E-state index contributed by atoms with van der Waals surface area (Å²) in [5, 5.41) is 6.77. The van der Waals surface area contributed by atoms with Crippen LogP contribution in [0.4, 0.5) is 19.3 Å². The predicted molar refractivity (Wildman–Crippen MR) is 62.1 cm³/mol. The highest BCUT2D eigenvalue weighted by Crippen LogP contribution is 2.14. The summed E-state index contributed by atoms with van der Waals surface area (Å²) in [5.41, 5.74) is -0.138. The number of carbonyl (C=O) groups is 2. The van der Waals surface area contributed by atoms with E-state index in [0.717, 1.165) is 18.2 Å². The minimum atomic E-state index is -0.679. The number of hydrogen-bond donors (Lipinski definition) is 3. The van der Waals surface area contributed by atoms with Gasteiger partial charge in [0.2, 0.25) is 5.91 Å². The van der Waals surface area contributed by atoms with Crippen LogP contribution < -0.4 is 16.0 Å². The Labute approximate surface area is 103 Å². The molecule has 0 unspecified atom stereocenters. The van der Waals surface area contributed by atoms with Crippen LogP contribution in [-0.4, -0.2) is 25.0 Å². The van der Waals surface area contributed by atoms with Crippen molar-refractivity contribution in [1.82, 2.24) is 10.6 Å². The molecule has 0 atom stereocenters. The Balaban J connectivity index is 2.47. The first-order valence-electron chi connectivity index (χ1n) is 5.29. The van der Waals surface area contributed by atoms with E-state index in [2.05, 4.69) is 10.6 Å². The van der Waals surface area contributed by atoms with Gasteiger partial charge in [-0.2, -0.15) is 0 Å². The maximum atomic E-state index is 13.2. The normalized spacial score (nSPS) is 9.72. The van der Waals surface area contributed by atoms with E-state index < -0.39 is 23.6 Å². The standard InChI is InChI=1S/C11H13F2N3O2/c1-2-14-11(18)16-10(17)6-15-9-5-7(12)3-4-8(9)13/h3-5,15H,2,6H2,1H3,(H2,14,16,17,18). The van der Waals surface area contributed by atoms with Gasteiger partial charge in [-0.1, -0.05) is 0 Å². The molecule has 3 N–H and O–H groups in total. The number of anilines is 1. The fourth-order valence-corrected chi connectivity index (χ4v) is 1.18. The molecule has 0 saturated heterocycles. The number of urea groups is 1. The highest BCUT2D eigenvalue weighted by atomic mass is 19.1. The van der Waals surface area contributed by atoms with Crippen LogP contribution in [0.1, 0.15) is 6.92 Å². The minimum Gasteiger partial charge on any atom is -0.374 e. The Morgan fingerprint density at radius 2 is 2.00 bits per heavy atom. The summed E-state index contributed by atoms with van der Waals surface area (Å²) in [6.45, 7) is 1.74. The van der Waals surface area contributed by atoms with Crippen molar-refractivity contribution in [1.29, 1.82) is 0 Å². The lowest BCUT2D eigenvalue weighted by Crippen LogP contribution is -2.41. The summed E-state index contributed by atoms with van der Waals surface area (Å²) in [6, 6.07) is 2.20. The van der Waals surface area contributed by atoms with Gasteiger partial charge in [-0.25, -0.2) is 13.6 Å². The van der Waals surface area contributed by atoms with Crippen molar-refractivity contribution in [2.75, 3.05) is 18.4 Å². The van der Waals surface area contributed by atoms with Crippen LogP contribution in [0.2, 0.25) is 0 Å². The molecule has 0 fully saturated rings. The van der Waals surface area contributed by atoms with E-state index in [9.17, 15) is 18.4 Å². The molecule has 0 aliphatic carbocycles. The van der Waals surface area contributed by atoms with Crippen molar-refractivity contribution < 1.29 is 18.4 Å². The van der Waals surface area contributed by atoms with Crippen LogP contribution in [0, 0.1) is 11.6 Å². The molecule has 0 aliphatic rings. The second-order valence-electron chi connectivity index (χ2n) is 3.39. The van der Waals surface area contributed by atoms with Crippen LogP contribution in [0.3, 0.4) is 0 Å². The molecule has 3 amide bonds. The van der Waals surface area contributed by atoms with Crippen LogP contribution >= 0.6 is 0 Å². The molecule has 1 rings (SSSR count). The van der Waals surface area contributed by atoms with Gasteiger partial charge in [-0.05, 0) is 25.1 Å². The smallest absolute Gasteiger partial charge is 0.321 e. The van der Waals surface area contributed by atoms with Crippen LogP contribution in [-0.2, 0) is 4.79 Å². The van der Waals surface area contributed by atoms with Crippen LogP contribution in [0.25, 0.3) is 0 Å². The first kappa shape index (κ1) is 13.9. The summed E-state index contributed by atoms with van der Waals surface area (Å²) < 4.78 is 26.0. The lowest BCUT2D eigenvalue weighted by Gasteiger charge is -2.08. The van der Waals surface area contributed by atoms with Gasteiger partial charge in [0, 0.05) is 6.54 Å². The van der Waals surface area contributed by atoms with Gasteiger partial charge in [0.25, 0.3) is 0 Å². The molecule has 0 aromatic heterocycles. The number of nitrogens with one attached hydrogen (secondary N) is 3. The summed E-state index contributed by atoms with van der Waals surface area (Å²) >= 11 is 0. The van der Waals surface area contributed by atoms with Gasteiger partial charge in [-0.15, -0.1) is 0 Å². The third-order valence-electron chi connectivity index (χ3n) is 1.96. The van der Waals surface area contributed by atoms with Crippen LogP contribution in [0.5, 0.6) is 0 Å². The Morgan fingerprint density at radius 3 is 2.67 bits per heavy atom. The number of hydrogen-bond acceptors (Lipinski definition) is 3. The average Bonchev–Trinajstić information content (AvgIpc) is 2.30. The van der Waals surface area contributed by atoms with Crippen LogP contribution in [0.15, 0.2) is 18.2 Å². The minimum absolute atomic E-state index is 0.138. The SMILES string of the molecule is CCNC(=O)NC(=O)CNc1cc(F)ccc1F. The van der Waals surface area contributed by atoms with E-state index in [-0.39, 0.29) is 12.2 Å². The number of halogens is 2. The first-order valence-corrected chi connectivity index (χ1v) is 5.29. The quantitative estimate of drug-likeness (QED) is 0.759. The molecule has 1 aromatic rings. The summed E-state index contributed by atoms with van der Waals surface area (Å²) in [6.07, 6.45) is 0. The monoisotopic (exact) mass is 257 g/mol. The van der Waals surface area contributed by atoms with Crippen molar-refractivity contribution in [2.45, 2.75) is 6.92 Å². The first-order chi connectivity index (χ1) is 8.52. The van der Waals surface area contributed by atoms with E-state index in [1.54, 1.807) is 6.92 Å². The van der Waals surface area contributed by atoms with Crippen molar-refractivity contribution in [2.24, 2.45) is 0 Å². The molecule has 0 bridgehead atoms. The zero-order valence-electron chi connectivity index (χ0n) is 9.72. The van der Waals surface area contributed by atoms with E-state index in [4.69, 9.17) is 0 Å². The summed E-state index contributed by atoms with van der Waals surface area (Å²) in [5.74, 6) is -1.95. The molecular formula is C11H13F2N3O2. The van der Waals surface area contributed by atoms with Gasteiger partial charge in [0.15, 0.2) is 0 Å². The van der Waals surface area contributed by atoms with Gasteiger partial charge < -0.3 is 10.6 Å². The number of carbonyl (C=O) groups excluding carboxylic acids is 2. The van der Waals surface area contributed by atoms with Crippen molar-refractivity contribution in [3.05, 3.63) is 29.8 Å². The third kappa shape index (κ3) is 4.36. The number of rotatable bonds is 4. The maximum Gasteiger partial charge on any atom is 0.321 e. The van der Waals surface area contributed by atoms with E-state index >= 15 is 0 Å². The molecule has 5 nitrogen and oxygen atoms in total. The van der Waals surface area contributed by atoms with E-state index in [0.29, 0.717) is 6.54 Å². The second kappa shape index (κ2) is 6.53. The average molecular weight is 257 g/mol. The molecule has 1 aromatic carbocycles. The number of imide groups is 1. The lowest BCUT2D eigenvalue weighted by molar-refractivity contribution is -0.118. The maximum absolute atomic E-state index is 13.2. The van der Waals surface area contributed by atoms with Gasteiger partial charge in [0.05, 0.1) is 12.2 Å². The number of benzene rings is 1. The Bertz CT molecular complexity index is 452. The molecule has 7 heteroatoms. The lowest BCUT2D eigenvalue weighted by atomic mass is 10.3. The Hall–Kier alpha value is -2.18. The van der Waals surface area contributed by atoms with Crippen molar-refractivity contribution >= 4 is 17.6 Å². The zero-order chi connectivity index (χ0) is 13.5. The molecule has 98 valence electrons. The third-order valence-corrected chi connectivity index (χ3v) is 1.96. The van der Waals surface area contributed by atoms with E-state index in [1.165, 1.54) is 0 Å². The summed E-state index contributed by atoms with van der Waals surface area (Å²) in [7, 11) is 0. The molecule has 0 radical (unpaired) electrons. The fourth-order valence-electron chi connectivity index (χ4n) is 1.18. The van der Waals surface area contributed by atoms with Crippen molar-refractivity contribution in [3.8, 4) is 0 Å². The van der Waals surface area contributed by atoms with Gasteiger partial charge in [-0.3, -0.25) is 10.1 Å². The second-order valence-corrected chi connectivity index (χ2v) is 3.39. The molecule has 18 heavy (non-hydrogen) atoms. The molecular weight excluding hydrogens is 244 g/mol. The summed E-state index contributed by atoms with van der Waals surface area (Å²) in [4.78, 5) is 22.2. The zero-order valence-corrected chi connectivity index (χ0v) is 9.72. The van der Waals surface area contributed by atoms with Crippen molar-refractivity contribution in [3.63, 3.8) is 0 Å². The van der Waals surface area contributed by atoms with Gasteiger partial charge in [0.1, 0.15) is 11.6 Å². The molecule has 0 aliphatic heterocycles. The predicted octanol–water partition coefficient (Wildman–Crippen LogP) is 1.22. The largest absolute Gasteiger partial charge is 0.374 e. The molecule has 0 spiro atoms. The van der Waals surface area contributed by atoms with E-state index in [1.807, 2.05) is 5.32 Å².